The zero-order valence-electron chi connectivity index (χ0n) is 13.2. The summed E-state index contributed by atoms with van der Waals surface area (Å²) in [5, 5.41) is 2.62. The number of amides is 2. The lowest BCUT2D eigenvalue weighted by Gasteiger charge is -2.28. The van der Waals surface area contributed by atoms with Crippen molar-refractivity contribution in [3.63, 3.8) is 0 Å². The van der Waals surface area contributed by atoms with Gasteiger partial charge in [-0.05, 0) is 64.1 Å². The molecule has 126 valence electrons. The molecule has 2 aromatic carbocycles. The van der Waals surface area contributed by atoms with Gasteiger partial charge in [0, 0.05) is 0 Å². The van der Waals surface area contributed by atoms with E-state index in [1.807, 2.05) is 6.07 Å². The predicted octanol–water partition coefficient (Wildman–Crippen LogP) is 3.29. The molecule has 7 heteroatoms. The van der Waals surface area contributed by atoms with Crippen molar-refractivity contribution in [3.8, 4) is 5.75 Å². The Morgan fingerprint density at radius 2 is 1.88 bits per heavy atom. The molecule has 1 aliphatic heterocycles. The third-order valence-electron chi connectivity index (χ3n) is 3.60. The van der Waals surface area contributed by atoms with E-state index in [9.17, 15) is 9.59 Å². The molecular formula is C18H13BrN2O3S. The lowest BCUT2D eigenvalue weighted by molar-refractivity contribution is -0.122. The fourth-order valence-corrected chi connectivity index (χ4v) is 3.25. The molecule has 1 fully saturated rings. The second-order valence-electron chi connectivity index (χ2n) is 5.19. The normalized spacial score (nSPS) is 16.2. The third kappa shape index (κ3) is 3.47. The number of benzene rings is 2. The van der Waals surface area contributed by atoms with Crippen molar-refractivity contribution >= 4 is 56.8 Å². The summed E-state index contributed by atoms with van der Waals surface area (Å²) in [6.45, 7) is 0. The summed E-state index contributed by atoms with van der Waals surface area (Å²) in [7, 11) is 1.56. The highest BCUT2D eigenvalue weighted by molar-refractivity contribution is 9.10. The van der Waals surface area contributed by atoms with Crippen molar-refractivity contribution in [2.45, 2.75) is 0 Å². The van der Waals surface area contributed by atoms with Gasteiger partial charge in [0.15, 0.2) is 5.11 Å². The number of hydrogen-bond donors (Lipinski definition) is 1. The van der Waals surface area contributed by atoms with Gasteiger partial charge >= 0.3 is 0 Å². The maximum atomic E-state index is 12.8. The van der Waals surface area contributed by atoms with E-state index in [1.54, 1.807) is 49.6 Å². The summed E-state index contributed by atoms with van der Waals surface area (Å²) in [6, 6.07) is 14.2. The number of carbonyl (C=O) groups is 2. The zero-order chi connectivity index (χ0) is 18.0. The zero-order valence-corrected chi connectivity index (χ0v) is 15.6. The first-order valence-electron chi connectivity index (χ1n) is 7.31. The van der Waals surface area contributed by atoms with Crippen molar-refractivity contribution in [1.82, 2.24) is 5.32 Å². The van der Waals surface area contributed by atoms with Crippen LogP contribution in [0.3, 0.4) is 0 Å². The number of hydrogen-bond acceptors (Lipinski definition) is 4. The minimum absolute atomic E-state index is 0.00881. The quantitative estimate of drug-likeness (QED) is 0.473. The van der Waals surface area contributed by atoms with Crippen LogP contribution in [-0.4, -0.2) is 24.0 Å². The summed E-state index contributed by atoms with van der Waals surface area (Å²) in [5.74, 6) is -0.324. The maximum Gasteiger partial charge on any atom is 0.270 e. The Morgan fingerprint density at radius 3 is 2.52 bits per heavy atom. The fraction of sp³-hybridized carbons (Fsp3) is 0.0556. The summed E-state index contributed by atoms with van der Waals surface area (Å²) < 4.78 is 5.91. The van der Waals surface area contributed by atoms with Gasteiger partial charge in [-0.1, -0.05) is 24.3 Å². The first kappa shape index (κ1) is 17.3. The molecule has 0 bridgehead atoms. The molecule has 1 heterocycles. The molecular weight excluding hydrogens is 404 g/mol. The molecule has 0 saturated carbocycles. The van der Waals surface area contributed by atoms with E-state index in [4.69, 9.17) is 17.0 Å². The van der Waals surface area contributed by atoms with Gasteiger partial charge in [-0.2, -0.15) is 0 Å². The van der Waals surface area contributed by atoms with E-state index in [0.29, 0.717) is 17.0 Å². The summed E-state index contributed by atoms with van der Waals surface area (Å²) in [4.78, 5) is 26.4. The minimum Gasteiger partial charge on any atom is -0.496 e. The number of anilines is 1. The van der Waals surface area contributed by atoms with Gasteiger partial charge in [0.2, 0.25) is 0 Å². The topological polar surface area (TPSA) is 58.6 Å². The van der Waals surface area contributed by atoms with E-state index in [-0.39, 0.29) is 10.7 Å². The number of nitrogens with one attached hydrogen (secondary N) is 1. The van der Waals surface area contributed by atoms with Crippen molar-refractivity contribution in [3.05, 3.63) is 64.1 Å². The van der Waals surface area contributed by atoms with Crippen LogP contribution in [0.15, 0.2) is 58.6 Å². The molecule has 0 radical (unpaired) electrons. The molecule has 1 N–H and O–H groups in total. The average molecular weight is 417 g/mol. The monoisotopic (exact) mass is 416 g/mol. The number of rotatable bonds is 3. The lowest BCUT2D eigenvalue weighted by atomic mass is 10.1. The smallest absolute Gasteiger partial charge is 0.270 e. The molecule has 0 atom stereocenters. The molecule has 2 aromatic rings. The molecule has 3 rings (SSSR count). The summed E-state index contributed by atoms with van der Waals surface area (Å²) >= 11 is 8.55. The first-order valence-corrected chi connectivity index (χ1v) is 8.51. The van der Waals surface area contributed by atoms with E-state index >= 15 is 0 Å². The number of thiocarbonyl (C=S) groups is 1. The van der Waals surface area contributed by atoms with Gasteiger partial charge in [-0.25, -0.2) is 0 Å². The summed E-state index contributed by atoms with van der Waals surface area (Å²) in [5.41, 5.74) is 1.29. The van der Waals surface area contributed by atoms with E-state index in [1.165, 1.54) is 11.0 Å². The van der Waals surface area contributed by atoms with Crippen LogP contribution >= 0.6 is 28.1 Å². The molecule has 0 aliphatic carbocycles. The number of para-hydroxylation sites is 1. The molecule has 0 unspecified atom stereocenters. The largest absolute Gasteiger partial charge is 0.496 e. The number of nitrogens with zero attached hydrogens (tertiary/aromatic N) is 1. The molecule has 0 aromatic heterocycles. The predicted molar refractivity (Wildman–Crippen MR) is 103 cm³/mol. The molecule has 0 spiro atoms. The minimum atomic E-state index is -0.519. The van der Waals surface area contributed by atoms with E-state index in [2.05, 4.69) is 21.2 Å². The summed E-state index contributed by atoms with van der Waals surface area (Å²) in [6.07, 6.45) is 1.53. The van der Waals surface area contributed by atoms with Gasteiger partial charge in [0.1, 0.15) is 11.3 Å². The number of carbonyl (C=O) groups excluding carboxylic acids is 2. The van der Waals surface area contributed by atoms with Gasteiger partial charge < -0.3 is 4.74 Å². The van der Waals surface area contributed by atoms with Gasteiger partial charge in [-0.15, -0.1) is 0 Å². The average Bonchev–Trinajstić information content (AvgIpc) is 2.59. The highest BCUT2D eigenvalue weighted by Gasteiger charge is 2.34. The lowest BCUT2D eigenvalue weighted by Crippen LogP contribution is -2.54. The molecule has 1 aliphatic rings. The van der Waals surface area contributed by atoms with Gasteiger partial charge in [-0.3, -0.25) is 19.8 Å². The van der Waals surface area contributed by atoms with Crippen molar-refractivity contribution in [2.75, 3.05) is 12.0 Å². The van der Waals surface area contributed by atoms with Crippen molar-refractivity contribution in [2.24, 2.45) is 0 Å². The molecule has 1 saturated heterocycles. The Bertz CT molecular complexity index is 896. The highest BCUT2D eigenvalue weighted by Crippen LogP contribution is 2.27. The molecule has 25 heavy (non-hydrogen) atoms. The Morgan fingerprint density at radius 1 is 1.16 bits per heavy atom. The Balaban J connectivity index is 2.00. The molecule has 5 nitrogen and oxygen atoms in total. The fourth-order valence-electron chi connectivity index (χ4n) is 2.41. The number of methoxy groups -OCH3 is 1. The number of halogens is 1. The Labute approximate surface area is 158 Å². The van der Waals surface area contributed by atoms with Crippen LogP contribution in [0.4, 0.5) is 5.69 Å². The number of ether oxygens (including phenoxy) is 1. The standard InChI is InChI=1S/C18H13BrN2O3S/c1-24-15-8-7-11(10-14(15)19)9-13-16(22)20-18(25)21(17(13)23)12-5-3-2-4-6-12/h2-10H,1H3,(H,20,22,25)/b13-9+. The van der Waals surface area contributed by atoms with E-state index < -0.39 is 11.8 Å². The van der Waals surface area contributed by atoms with Crippen LogP contribution in [-0.2, 0) is 9.59 Å². The SMILES string of the molecule is COc1ccc(/C=C2\C(=O)NC(=S)N(c3ccccc3)C2=O)cc1Br. The maximum absolute atomic E-state index is 12.8. The van der Waals surface area contributed by atoms with Crippen LogP contribution in [0.5, 0.6) is 5.75 Å². The van der Waals surface area contributed by atoms with Crippen molar-refractivity contribution < 1.29 is 14.3 Å². The van der Waals surface area contributed by atoms with Crippen LogP contribution < -0.4 is 15.0 Å². The second-order valence-corrected chi connectivity index (χ2v) is 6.43. The van der Waals surface area contributed by atoms with E-state index in [0.717, 1.165) is 4.47 Å². The molecule has 2 amide bonds. The highest BCUT2D eigenvalue weighted by atomic mass is 79.9. The van der Waals surface area contributed by atoms with Crippen LogP contribution in [0.25, 0.3) is 6.08 Å². The van der Waals surface area contributed by atoms with Crippen LogP contribution in [0, 0.1) is 0 Å². The van der Waals surface area contributed by atoms with Crippen LogP contribution in [0.1, 0.15) is 5.56 Å². The van der Waals surface area contributed by atoms with Crippen molar-refractivity contribution in [1.29, 1.82) is 0 Å². The van der Waals surface area contributed by atoms with Gasteiger partial charge in [0.25, 0.3) is 11.8 Å². The van der Waals surface area contributed by atoms with Crippen LogP contribution in [0.2, 0.25) is 0 Å². The Hall–Kier alpha value is -2.51. The second kappa shape index (κ2) is 7.16. The van der Waals surface area contributed by atoms with Gasteiger partial charge in [0.05, 0.1) is 17.3 Å². The third-order valence-corrected chi connectivity index (χ3v) is 4.51. The Kier molecular flexibility index (Phi) is 4.96. The first-order chi connectivity index (χ1) is 12.0.